The van der Waals surface area contributed by atoms with Gasteiger partial charge < -0.3 is 25.8 Å². The number of methoxy groups -OCH3 is 1. The summed E-state index contributed by atoms with van der Waals surface area (Å²) in [6.45, 7) is 7.94. The number of rotatable bonds is 12. The Morgan fingerprint density at radius 3 is 2.51 bits per heavy atom. The number of Topliss-reactive ketones (excluding diaryl/α,β-unsaturated/α-hetero) is 1. The molecule has 1 aliphatic carbocycles. The van der Waals surface area contributed by atoms with Gasteiger partial charge in [-0.2, -0.15) is 0 Å². The zero-order chi connectivity index (χ0) is 35.5. The standard InChI is InChI=1S/C37H49FN4O6S/c1-23(2)40-25-18-29(34(38)32(19-25)42-15-9-10-16-49(42,46)47)36(45)41-30(17-24-11-7-6-8-12-24)33(43)22-39-31-21-37(3,4)35(44)27-14-13-26(48-5)20-28(27)31/h6-8,11-14,18-20,23,30-31,33,39-40,43,46-47H,9-10,15-17,21-22H2,1-5H3,(H,41,45)/t30-,31-,33-/m0/s1. The lowest BCUT2D eigenvalue weighted by Gasteiger charge is -2.47. The highest BCUT2D eigenvalue weighted by Gasteiger charge is 2.40. The van der Waals surface area contributed by atoms with E-state index in [-0.39, 0.29) is 54.4 Å². The van der Waals surface area contributed by atoms with Crippen molar-refractivity contribution >= 4 is 33.8 Å². The van der Waals surface area contributed by atoms with Crippen LogP contribution in [-0.2, 0) is 6.42 Å². The van der Waals surface area contributed by atoms with Gasteiger partial charge in [0.05, 0.1) is 36.3 Å². The summed E-state index contributed by atoms with van der Waals surface area (Å²) in [6.07, 6.45) is 0.916. The molecule has 5 rings (SSSR count). The van der Waals surface area contributed by atoms with Gasteiger partial charge in [-0.15, -0.1) is 10.8 Å². The molecule has 10 nitrogen and oxygen atoms in total. The van der Waals surface area contributed by atoms with Crippen LogP contribution in [0, 0.1) is 11.2 Å². The Kier molecular flexibility index (Phi) is 11.2. The first kappa shape index (κ1) is 36.6. The summed E-state index contributed by atoms with van der Waals surface area (Å²) in [7, 11) is -1.70. The molecule has 1 heterocycles. The van der Waals surface area contributed by atoms with Gasteiger partial charge in [0.15, 0.2) is 11.6 Å². The van der Waals surface area contributed by atoms with Crippen molar-refractivity contribution in [2.45, 2.75) is 77.6 Å². The highest BCUT2D eigenvalue weighted by molar-refractivity contribution is 8.25. The van der Waals surface area contributed by atoms with Crippen LogP contribution in [0.2, 0.25) is 0 Å². The van der Waals surface area contributed by atoms with E-state index >= 15 is 4.39 Å². The Labute approximate surface area is 289 Å². The fourth-order valence-corrected chi connectivity index (χ4v) is 8.36. The lowest BCUT2D eigenvalue weighted by atomic mass is 9.71. The molecule has 3 atom stereocenters. The van der Waals surface area contributed by atoms with E-state index in [9.17, 15) is 23.8 Å². The van der Waals surface area contributed by atoms with Crippen LogP contribution in [0.3, 0.4) is 0 Å². The van der Waals surface area contributed by atoms with E-state index in [4.69, 9.17) is 4.74 Å². The van der Waals surface area contributed by atoms with Crippen molar-refractivity contribution in [1.82, 2.24) is 10.6 Å². The predicted molar refractivity (Wildman–Crippen MR) is 193 cm³/mol. The Morgan fingerprint density at radius 2 is 1.84 bits per heavy atom. The molecule has 49 heavy (non-hydrogen) atoms. The van der Waals surface area contributed by atoms with Crippen LogP contribution in [0.25, 0.3) is 0 Å². The fraction of sp³-hybridized carbons (Fsp3) is 0.459. The lowest BCUT2D eigenvalue weighted by molar-refractivity contribution is 0.0749. The molecule has 1 aliphatic heterocycles. The van der Waals surface area contributed by atoms with E-state index in [0.717, 1.165) is 11.1 Å². The molecule has 12 heteroatoms. The van der Waals surface area contributed by atoms with E-state index in [1.807, 2.05) is 64.1 Å². The number of aliphatic hydroxyl groups is 1. The Morgan fingerprint density at radius 1 is 1.10 bits per heavy atom. The third-order valence-electron chi connectivity index (χ3n) is 9.27. The molecular weight excluding hydrogens is 647 g/mol. The summed E-state index contributed by atoms with van der Waals surface area (Å²) in [6, 6.07) is 16.6. The number of ketones is 1. The monoisotopic (exact) mass is 696 g/mol. The minimum absolute atomic E-state index is 0.0411. The van der Waals surface area contributed by atoms with Gasteiger partial charge in [0, 0.05) is 41.8 Å². The molecule has 1 saturated heterocycles. The van der Waals surface area contributed by atoms with Crippen LogP contribution in [0.5, 0.6) is 5.75 Å². The quantitative estimate of drug-likeness (QED) is 0.124. The SMILES string of the molecule is COc1ccc2c(c1)[C@@H](NC[C@H](O)[C@H](Cc1ccccc1)NC(=O)c1cc(NC(C)C)cc(N3CCCCS3(O)O)c1F)CC(C)(C)C2=O. The molecule has 3 aromatic rings. The number of halogens is 1. The molecule has 0 radical (unpaired) electrons. The van der Waals surface area contributed by atoms with Gasteiger partial charge in [-0.25, -0.2) is 4.39 Å². The molecule has 0 bridgehead atoms. The first-order valence-corrected chi connectivity index (χ1v) is 18.5. The van der Waals surface area contributed by atoms with Crippen molar-refractivity contribution in [2.75, 3.05) is 35.6 Å². The van der Waals surface area contributed by atoms with E-state index in [1.165, 1.54) is 16.4 Å². The summed E-state index contributed by atoms with van der Waals surface area (Å²) in [5.74, 6) is -0.815. The minimum atomic E-state index is -3.26. The summed E-state index contributed by atoms with van der Waals surface area (Å²) >= 11 is 0. The molecule has 1 fully saturated rings. The Balaban J connectivity index is 1.43. The fourth-order valence-electron chi connectivity index (χ4n) is 6.68. The molecule has 266 valence electrons. The van der Waals surface area contributed by atoms with Crippen LogP contribution in [-0.4, -0.2) is 70.0 Å². The average Bonchev–Trinajstić information content (AvgIpc) is 3.06. The molecular formula is C37H49FN4O6S. The summed E-state index contributed by atoms with van der Waals surface area (Å²) in [5, 5.41) is 21.2. The molecule has 3 aromatic carbocycles. The van der Waals surface area contributed by atoms with Crippen molar-refractivity contribution in [1.29, 1.82) is 0 Å². The Bertz CT molecular complexity index is 1650. The van der Waals surface area contributed by atoms with Crippen molar-refractivity contribution in [2.24, 2.45) is 5.41 Å². The number of benzene rings is 3. The maximum absolute atomic E-state index is 16.3. The number of carbonyl (C=O) groups is 2. The van der Waals surface area contributed by atoms with Gasteiger partial charge in [-0.05, 0) is 81.0 Å². The molecule has 0 spiro atoms. The topological polar surface area (TPSA) is 143 Å². The predicted octanol–water partition coefficient (Wildman–Crippen LogP) is 6.57. The van der Waals surface area contributed by atoms with Gasteiger partial charge >= 0.3 is 0 Å². The number of amides is 1. The number of hydrogen-bond donors (Lipinski definition) is 6. The zero-order valence-corrected chi connectivity index (χ0v) is 29.6. The van der Waals surface area contributed by atoms with Crippen LogP contribution >= 0.6 is 10.8 Å². The van der Waals surface area contributed by atoms with Gasteiger partial charge in [-0.3, -0.25) is 23.0 Å². The molecule has 1 amide bonds. The highest BCUT2D eigenvalue weighted by Crippen LogP contribution is 2.51. The maximum atomic E-state index is 16.3. The number of fused-ring (bicyclic) bond motifs is 1. The first-order chi connectivity index (χ1) is 23.2. The normalized spacial score (nSPS) is 20.2. The zero-order valence-electron chi connectivity index (χ0n) is 28.8. The van der Waals surface area contributed by atoms with E-state index in [0.29, 0.717) is 36.3 Å². The number of anilines is 2. The second-order valence-corrected chi connectivity index (χ2v) is 16.1. The van der Waals surface area contributed by atoms with Crippen LogP contribution in [0.4, 0.5) is 15.8 Å². The highest BCUT2D eigenvalue weighted by atomic mass is 32.3. The third kappa shape index (κ3) is 8.38. The van der Waals surface area contributed by atoms with Crippen LogP contribution in [0.15, 0.2) is 60.7 Å². The van der Waals surface area contributed by atoms with Crippen LogP contribution < -0.4 is 25.0 Å². The average molecular weight is 697 g/mol. The molecule has 6 N–H and O–H groups in total. The Hall–Kier alpha value is -3.68. The van der Waals surface area contributed by atoms with Crippen molar-refractivity contribution in [3.63, 3.8) is 0 Å². The summed E-state index contributed by atoms with van der Waals surface area (Å²) in [4.78, 5) is 27.2. The lowest BCUT2D eigenvalue weighted by Crippen LogP contribution is -2.50. The number of nitrogens with one attached hydrogen (secondary N) is 3. The van der Waals surface area contributed by atoms with Gasteiger partial charge in [0.1, 0.15) is 5.75 Å². The number of ether oxygens (including phenoxy) is 1. The van der Waals surface area contributed by atoms with E-state index in [2.05, 4.69) is 16.0 Å². The third-order valence-corrected chi connectivity index (χ3v) is 11.2. The molecule has 0 unspecified atom stereocenters. The van der Waals surface area contributed by atoms with Gasteiger partial charge in [0.25, 0.3) is 5.91 Å². The maximum Gasteiger partial charge on any atom is 0.254 e. The largest absolute Gasteiger partial charge is 0.497 e. The number of carbonyl (C=O) groups excluding carboxylic acids is 2. The van der Waals surface area contributed by atoms with Gasteiger partial charge in [0.2, 0.25) is 0 Å². The van der Waals surface area contributed by atoms with E-state index < -0.39 is 40.1 Å². The van der Waals surface area contributed by atoms with Gasteiger partial charge in [-0.1, -0.05) is 44.2 Å². The summed E-state index contributed by atoms with van der Waals surface area (Å²) < 4.78 is 44.6. The number of aliphatic hydroxyl groups excluding tert-OH is 1. The number of nitrogens with zero attached hydrogens (tertiary/aromatic N) is 1. The van der Waals surface area contributed by atoms with Crippen molar-refractivity contribution in [3.8, 4) is 5.75 Å². The van der Waals surface area contributed by atoms with E-state index in [1.54, 1.807) is 19.2 Å². The minimum Gasteiger partial charge on any atom is -0.497 e. The number of hydrogen-bond acceptors (Lipinski definition) is 9. The molecule has 2 aliphatic rings. The second kappa shape index (κ2) is 15.1. The smallest absolute Gasteiger partial charge is 0.254 e. The summed E-state index contributed by atoms with van der Waals surface area (Å²) in [5.41, 5.74) is 1.75. The molecule has 0 aromatic heterocycles. The molecule has 0 saturated carbocycles. The first-order valence-electron chi connectivity index (χ1n) is 16.8. The van der Waals surface area contributed by atoms with Crippen molar-refractivity contribution in [3.05, 3.63) is 88.7 Å². The second-order valence-electron chi connectivity index (χ2n) is 14.0. The van der Waals surface area contributed by atoms with Crippen molar-refractivity contribution < 1.29 is 32.9 Å². The van der Waals surface area contributed by atoms with Crippen LogP contribution in [0.1, 0.15) is 84.8 Å².